The third-order valence-electron chi connectivity index (χ3n) is 6.16. The van der Waals surface area contributed by atoms with Crippen LogP contribution in [0.2, 0.25) is 5.02 Å². The van der Waals surface area contributed by atoms with E-state index < -0.39 is 0 Å². The van der Waals surface area contributed by atoms with E-state index in [0.29, 0.717) is 24.4 Å². The number of nitrogens with one attached hydrogen (secondary N) is 1. The van der Waals surface area contributed by atoms with Gasteiger partial charge >= 0.3 is 0 Å². The normalized spacial score (nSPS) is 19.4. The number of aromatic nitrogens is 2. The van der Waals surface area contributed by atoms with Gasteiger partial charge in [-0.3, -0.25) is 4.79 Å². The molecule has 0 aliphatic carbocycles. The summed E-state index contributed by atoms with van der Waals surface area (Å²) in [5.41, 5.74) is 3.47. The van der Waals surface area contributed by atoms with Crippen molar-refractivity contribution in [2.45, 2.75) is 44.6 Å². The molecule has 1 saturated heterocycles. The van der Waals surface area contributed by atoms with Crippen LogP contribution >= 0.6 is 11.6 Å². The summed E-state index contributed by atoms with van der Waals surface area (Å²) in [6, 6.07) is 7.75. The highest BCUT2D eigenvalue weighted by molar-refractivity contribution is 6.30. The van der Waals surface area contributed by atoms with Crippen LogP contribution in [-0.2, 0) is 24.2 Å². The SMILES string of the molecule is CNc1nc([C@H]2CCCN(C(=O)CCc3cccc(Cl)c3)C2)nc2c1CN(C)CC2. The first-order valence-electron chi connectivity index (χ1n) is 10.8. The topological polar surface area (TPSA) is 61.4 Å². The number of benzene rings is 1. The third-order valence-corrected chi connectivity index (χ3v) is 6.40. The van der Waals surface area contributed by atoms with E-state index in [2.05, 4.69) is 17.3 Å². The van der Waals surface area contributed by atoms with Crippen LogP contribution in [0.4, 0.5) is 5.82 Å². The zero-order valence-corrected chi connectivity index (χ0v) is 18.6. The Morgan fingerprint density at radius 2 is 2.17 bits per heavy atom. The first-order chi connectivity index (χ1) is 14.5. The van der Waals surface area contributed by atoms with Crippen LogP contribution in [0.1, 0.15) is 47.8 Å². The third kappa shape index (κ3) is 4.76. The van der Waals surface area contributed by atoms with Crippen molar-refractivity contribution in [2.24, 2.45) is 0 Å². The van der Waals surface area contributed by atoms with Gasteiger partial charge in [-0.25, -0.2) is 9.97 Å². The number of aryl methyl sites for hydroxylation is 1. The molecule has 0 spiro atoms. The Hall–Kier alpha value is -2.18. The van der Waals surface area contributed by atoms with Crippen LogP contribution < -0.4 is 5.32 Å². The van der Waals surface area contributed by atoms with Gasteiger partial charge in [0.2, 0.25) is 5.91 Å². The van der Waals surface area contributed by atoms with Crippen LogP contribution in [0.3, 0.4) is 0 Å². The van der Waals surface area contributed by atoms with Crippen molar-refractivity contribution < 1.29 is 4.79 Å². The minimum Gasteiger partial charge on any atom is -0.373 e. The molecule has 160 valence electrons. The molecule has 0 bridgehead atoms. The molecule has 1 aromatic heterocycles. The molecule has 1 N–H and O–H groups in total. The second kappa shape index (κ2) is 9.31. The molecule has 3 heterocycles. The van der Waals surface area contributed by atoms with Gasteiger partial charge in [-0.15, -0.1) is 0 Å². The predicted molar refractivity (Wildman–Crippen MR) is 120 cm³/mol. The Morgan fingerprint density at radius 3 is 2.97 bits per heavy atom. The van der Waals surface area contributed by atoms with Crippen molar-refractivity contribution >= 4 is 23.3 Å². The maximum absolute atomic E-state index is 12.9. The van der Waals surface area contributed by atoms with Gasteiger partial charge in [0.1, 0.15) is 11.6 Å². The molecule has 2 aliphatic heterocycles. The molecule has 1 atom stereocenters. The van der Waals surface area contributed by atoms with Crippen molar-refractivity contribution in [2.75, 3.05) is 39.0 Å². The van der Waals surface area contributed by atoms with E-state index in [9.17, 15) is 4.79 Å². The number of hydrogen-bond donors (Lipinski definition) is 1. The molecular weight excluding hydrogens is 398 g/mol. The monoisotopic (exact) mass is 427 g/mol. The number of carbonyl (C=O) groups excluding carboxylic acids is 1. The number of halogens is 1. The first kappa shape index (κ1) is 21.1. The summed E-state index contributed by atoms with van der Waals surface area (Å²) >= 11 is 6.06. The standard InChI is InChI=1S/C23H30ClN5O/c1-25-23-19-15-28(2)12-10-20(19)26-22(27-23)17-6-4-11-29(14-17)21(30)9-8-16-5-3-7-18(24)13-16/h3,5,7,13,17H,4,6,8-12,14-15H2,1-2H3,(H,25,26,27)/t17-/m0/s1. The van der Waals surface area contributed by atoms with Gasteiger partial charge < -0.3 is 15.1 Å². The summed E-state index contributed by atoms with van der Waals surface area (Å²) in [7, 11) is 4.05. The lowest BCUT2D eigenvalue weighted by molar-refractivity contribution is -0.132. The largest absolute Gasteiger partial charge is 0.373 e. The summed E-state index contributed by atoms with van der Waals surface area (Å²) in [5.74, 6) is 2.22. The second-order valence-corrected chi connectivity index (χ2v) is 8.84. The predicted octanol–water partition coefficient (Wildman–Crippen LogP) is 3.50. The fourth-order valence-electron chi connectivity index (χ4n) is 4.47. The lowest BCUT2D eigenvalue weighted by Gasteiger charge is -2.33. The van der Waals surface area contributed by atoms with E-state index in [0.717, 1.165) is 61.8 Å². The summed E-state index contributed by atoms with van der Waals surface area (Å²) in [6.45, 7) is 3.42. The van der Waals surface area contributed by atoms with E-state index in [1.165, 1.54) is 5.56 Å². The lowest BCUT2D eigenvalue weighted by atomic mass is 9.95. The number of rotatable bonds is 5. The van der Waals surface area contributed by atoms with Crippen LogP contribution in [-0.4, -0.2) is 59.4 Å². The Kier molecular flexibility index (Phi) is 6.54. The van der Waals surface area contributed by atoms with Crippen molar-refractivity contribution in [3.63, 3.8) is 0 Å². The molecule has 1 fully saturated rings. The molecular formula is C23H30ClN5O. The van der Waals surface area contributed by atoms with E-state index in [-0.39, 0.29) is 11.8 Å². The van der Waals surface area contributed by atoms with Crippen molar-refractivity contribution in [1.29, 1.82) is 0 Å². The van der Waals surface area contributed by atoms with E-state index in [1.54, 1.807) is 0 Å². The highest BCUT2D eigenvalue weighted by Crippen LogP contribution is 2.30. The van der Waals surface area contributed by atoms with Gasteiger partial charge in [-0.2, -0.15) is 0 Å². The summed E-state index contributed by atoms with van der Waals surface area (Å²) in [5, 5.41) is 3.98. The average Bonchev–Trinajstić information content (AvgIpc) is 2.77. The Balaban J connectivity index is 1.44. The number of likely N-dealkylation sites (N-methyl/N-ethyl adjacent to an activating group) is 1. The minimum atomic E-state index is 0.200. The quantitative estimate of drug-likeness (QED) is 0.791. The van der Waals surface area contributed by atoms with Gasteiger partial charge in [0.15, 0.2) is 0 Å². The number of fused-ring (bicyclic) bond motifs is 1. The molecule has 0 unspecified atom stereocenters. The van der Waals surface area contributed by atoms with Crippen molar-refractivity contribution in [1.82, 2.24) is 19.8 Å². The molecule has 6 nitrogen and oxygen atoms in total. The summed E-state index contributed by atoms with van der Waals surface area (Å²) in [4.78, 5) is 27.0. The number of likely N-dealkylation sites (tertiary alicyclic amines) is 1. The highest BCUT2D eigenvalue weighted by Gasteiger charge is 2.28. The van der Waals surface area contributed by atoms with Crippen molar-refractivity contribution in [3.8, 4) is 0 Å². The number of anilines is 1. The lowest BCUT2D eigenvalue weighted by Crippen LogP contribution is -2.40. The van der Waals surface area contributed by atoms with Gasteiger partial charge in [-0.1, -0.05) is 23.7 Å². The van der Waals surface area contributed by atoms with Gasteiger partial charge in [-0.05, 0) is 44.0 Å². The van der Waals surface area contributed by atoms with Crippen LogP contribution in [0, 0.1) is 0 Å². The highest BCUT2D eigenvalue weighted by atomic mass is 35.5. The molecule has 0 radical (unpaired) electrons. The van der Waals surface area contributed by atoms with Gasteiger partial charge in [0, 0.05) is 62.6 Å². The molecule has 2 aromatic rings. The molecule has 4 rings (SSSR count). The molecule has 2 aliphatic rings. The first-order valence-corrected chi connectivity index (χ1v) is 11.2. The Morgan fingerprint density at radius 1 is 1.30 bits per heavy atom. The second-order valence-electron chi connectivity index (χ2n) is 8.40. The van der Waals surface area contributed by atoms with Crippen molar-refractivity contribution in [3.05, 3.63) is 51.9 Å². The minimum absolute atomic E-state index is 0.200. The molecule has 1 aromatic carbocycles. The molecule has 7 heteroatoms. The number of piperidine rings is 1. The Bertz CT molecular complexity index is 901. The Labute approximate surface area is 183 Å². The van der Waals surface area contributed by atoms with Gasteiger partial charge in [0.25, 0.3) is 0 Å². The number of hydrogen-bond acceptors (Lipinski definition) is 5. The summed E-state index contributed by atoms with van der Waals surface area (Å²) < 4.78 is 0. The summed E-state index contributed by atoms with van der Waals surface area (Å²) in [6.07, 6.45) is 4.19. The zero-order chi connectivity index (χ0) is 21.1. The van der Waals surface area contributed by atoms with Crippen LogP contribution in [0.15, 0.2) is 24.3 Å². The average molecular weight is 428 g/mol. The number of nitrogens with zero attached hydrogens (tertiary/aromatic N) is 4. The fraction of sp³-hybridized carbons (Fsp3) is 0.522. The van der Waals surface area contributed by atoms with Crippen LogP contribution in [0.25, 0.3) is 0 Å². The number of amides is 1. The maximum atomic E-state index is 12.9. The van der Waals surface area contributed by atoms with E-state index >= 15 is 0 Å². The van der Waals surface area contributed by atoms with E-state index in [1.807, 2.05) is 36.2 Å². The van der Waals surface area contributed by atoms with Gasteiger partial charge in [0.05, 0.1) is 5.69 Å². The van der Waals surface area contributed by atoms with Crippen LogP contribution in [0.5, 0.6) is 0 Å². The number of carbonyl (C=O) groups is 1. The molecule has 30 heavy (non-hydrogen) atoms. The zero-order valence-electron chi connectivity index (χ0n) is 17.8. The maximum Gasteiger partial charge on any atom is 0.222 e. The van der Waals surface area contributed by atoms with E-state index in [4.69, 9.17) is 21.6 Å². The fourth-order valence-corrected chi connectivity index (χ4v) is 4.69. The molecule has 1 amide bonds. The smallest absolute Gasteiger partial charge is 0.222 e. The molecule has 0 saturated carbocycles.